The highest BCUT2D eigenvalue weighted by molar-refractivity contribution is 9.10. The monoisotopic (exact) mass is 370 g/mol. The van der Waals surface area contributed by atoms with Crippen molar-refractivity contribution in [2.24, 2.45) is 0 Å². The van der Waals surface area contributed by atoms with E-state index in [-0.39, 0.29) is 16.8 Å². The van der Waals surface area contributed by atoms with E-state index in [4.69, 9.17) is 5.73 Å². The summed E-state index contributed by atoms with van der Waals surface area (Å²) in [6, 6.07) is 7.67. The normalized spacial score (nSPS) is 15.1. The molecule has 1 fully saturated rings. The second-order valence-electron chi connectivity index (χ2n) is 5.12. The third-order valence-corrected chi connectivity index (χ3v) is 5.06. The highest BCUT2D eigenvalue weighted by Crippen LogP contribution is 2.34. The molecule has 2 aromatic rings. The van der Waals surface area contributed by atoms with Crippen LogP contribution in [0.1, 0.15) is 12.8 Å². The Hall–Kier alpha value is -1.54. The number of nitrogens with one attached hydrogen (secondary N) is 1. The molecule has 0 amide bonds. The molecule has 1 aromatic heterocycles. The van der Waals surface area contributed by atoms with Crippen LogP contribution >= 0.6 is 15.9 Å². The summed E-state index contributed by atoms with van der Waals surface area (Å²) in [6.45, 7) is 0. The second kappa shape index (κ2) is 5.03. The number of halogens is 1. The zero-order chi connectivity index (χ0) is 15.2. The first-order valence-corrected chi connectivity index (χ1v) is 9.16. The Morgan fingerprint density at radius 2 is 2.05 bits per heavy atom. The summed E-state index contributed by atoms with van der Waals surface area (Å²) >= 11 is 3.43. The third-order valence-electron chi connectivity index (χ3n) is 3.25. The molecule has 1 saturated carbocycles. The first-order valence-electron chi connectivity index (χ1n) is 6.48. The van der Waals surface area contributed by atoms with Gasteiger partial charge in [0.05, 0.1) is 5.69 Å². The molecule has 3 N–H and O–H groups in total. The summed E-state index contributed by atoms with van der Waals surface area (Å²) in [5.74, 6) is 0.445. The summed E-state index contributed by atoms with van der Waals surface area (Å²) < 4.78 is 26.3. The van der Waals surface area contributed by atoms with Gasteiger partial charge >= 0.3 is 0 Å². The van der Waals surface area contributed by atoms with Crippen molar-refractivity contribution in [3.05, 3.63) is 28.7 Å². The maximum atomic E-state index is 12.0. The summed E-state index contributed by atoms with van der Waals surface area (Å²) in [5, 5.41) is 7.49. The van der Waals surface area contributed by atoms with Crippen LogP contribution in [0, 0.1) is 0 Å². The predicted octanol–water partition coefficient (Wildman–Crippen LogP) is 2.19. The van der Waals surface area contributed by atoms with E-state index in [9.17, 15) is 8.42 Å². The van der Waals surface area contributed by atoms with E-state index >= 15 is 0 Å². The van der Waals surface area contributed by atoms with Gasteiger partial charge in [-0.2, -0.15) is 0 Å². The van der Waals surface area contributed by atoms with E-state index in [1.165, 1.54) is 4.68 Å². The molecule has 0 bridgehead atoms. The summed E-state index contributed by atoms with van der Waals surface area (Å²) in [6.07, 6.45) is 3.18. The highest BCUT2D eigenvalue weighted by Gasteiger charge is 2.29. The Morgan fingerprint density at radius 3 is 2.62 bits per heavy atom. The number of nitrogens with zero attached hydrogens (tertiary/aromatic N) is 2. The van der Waals surface area contributed by atoms with E-state index in [0.717, 1.165) is 23.6 Å². The SMILES string of the molecule is CS(=O)(=O)c1c(NC2CC2)nn(-c2ccccc2Br)c1N. The van der Waals surface area contributed by atoms with Crippen LogP contribution in [0.3, 0.4) is 0 Å². The number of nitrogens with two attached hydrogens (primary N) is 1. The van der Waals surface area contributed by atoms with Gasteiger partial charge in [0, 0.05) is 16.8 Å². The number of benzene rings is 1. The minimum atomic E-state index is -3.47. The Balaban J connectivity index is 2.18. The lowest BCUT2D eigenvalue weighted by molar-refractivity contribution is 0.602. The zero-order valence-corrected chi connectivity index (χ0v) is 13.8. The number of hydrogen-bond acceptors (Lipinski definition) is 5. The van der Waals surface area contributed by atoms with Gasteiger partial charge in [-0.05, 0) is 40.9 Å². The van der Waals surface area contributed by atoms with Gasteiger partial charge in [0.1, 0.15) is 5.82 Å². The molecule has 3 rings (SSSR count). The van der Waals surface area contributed by atoms with Crippen LogP contribution in [0.15, 0.2) is 33.6 Å². The molecule has 0 unspecified atom stereocenters. The van der Waals surface area contributed by atoms with Crippen LogP contribution in [-0.2, 0) is 9.84 Å². The van der Waals surface area contributed by atoms with Crippen molar-refractivity contribution in [2.45, 2.75) is 23.8 Å². The fourth-order valence-electron chi connectivity index (χ4n) is 2.10. The smallest absolute Gasteiger partial charge is 0.182 e. The Bertz CT molecular complexity index is 796. The van der Waals surface area contributed by atoms with Crippen molar-refractivity contribution in [1.82, 2.24) is 9.78 Å². The molecular formula is C13H15BrN4O2S. The van der Waals surface area contributed by atoms with Crippen molar-refractivity contribution >= 4 is 37.4 Å². The second-order valence-corrected chi connectivity index (χ2v) is 7.92. The van der Waals surface area contributed by atoms with Crippen LogP contribution in [0.2, 0.25) is 0 Å². The third kappa shape index (κ3) is 2.77. The summed E-state index contributed by atoms with van der Waals surface area (Å²) in [4.78, 5) is 0.0603. The van der Waals surface area contributed by atoms with E-state index in [0.29, 0.717) is 11.5 Å². The summed E-state index contributed by atoms with van der Waals surface area (Å²) in [7, 11) is -3.47. The van der Waals surface area contributed by atoms with Crippen molar-refractivity contribution in [2.75, 3.05) is 17.3 Å². The molecule has 21 heavy (non-hydrogen) atoms. The van der Waals surface area contributed by atoms with Gasteiger partial charge in [0.2, 0.25) is 0 Å². The Kier molecular flexibility index (Phi) is 3.45. The summed E-state index contributed by atoms with van der Waals surface area (Å²) in [5.41, 5.74) is 6.75. The molecule has 1 aliphatic rings. The number of nitrogen functional groups attached to an aromatic ring is 1. The predicted molar refractivity (Wildman–Crippen MR) is 85.4 cm³/mol. The van der Waals surface area contributed by atoms with E-state index in [1.807, 2.05) is 24.3 Å². The lowest BCUT2D eigenvalue weighted by atomic mass is 10.3. The van der Waals surface area contributed by atoms with Gasteiger partial charge in [-0.25, -0.2) is 13.1 Å². The molecule has 0 aliphatic heterocycles. The maximum absolute atomic E-state index is 12.0. The number of anilines is 2. The average molecular weight is 371 g/mol. The fourth-order valence-corrected chi connectivity index (χ4v) is 3.47. The molecular weight excluding hydrogens is 356 g/mol. The van der Waals surface area contributed by atoms with Gasteiger partial charge in [-0.1, -0.05) is 12.1 Å². The van der Waals surface area contributed by atoms with Gasteiger partial charge in [0.25, 0.3) is 0 Å². The fraction of sp³-hybridized carbons (Fsp3) is 0.308. The van der Waals surface area contributed by atoms with Gasteiger partial charge in [-0.15, -0.1) is 5.10 Å². The lowest BCUT2D eigenvalue weighted by Gasteiger charge is -2.06. The molecule has 0 spiro atoms. The lowest BCUT2D eigenvalue weighted by Crippen LogP contribution is -2.08. The van der Waals surface area contributed by atoms with Crippen molar-refractivity contribution in [3.8, 4) is 5.69 Å². The van der Waals surface area contributed by atoms with E-state index in [1.54, 1.807) is 0 Å². The van der Waals surface area contributed by atoms with Crippen LogP contribution in [0.4, 0.5) is 11.6 Å². The zero-order valence-electron chi connectivity index (χ0n) is 11.4. The molecule has 6 nitrogen and oxygen atoms in total. The molecule has 112 valence electrons. The van der Waals surface area contributed by atoms with E-state index < -0.39 is 9.84 Å². The van der Waals surface area contributed by atoms with Crippen molar-refractivity contribution < 1.29 is 8.42 Å². The Morgan fingerprint density at radius 1 is 1.38 bits per heavy atom. The number of rotatable bonds is 4. The number of para-hydroxylation sites is 1. The number of hydrogen-bond donors (Lipinski definition) is 2. The highest BCUT2D eigenvalue weighted by atomic mass is 79.9. The first-order chi connectivity index (χ1) is 9.88. The van der Waals surface area contributed by atoms with Crippen molar-refractivity contribution in [3.63, 3.8) is 0 Å². The number of aromatic nitrogens is 2. The molecule has 8 heteroatoms. The van der Waals surface area contributed by atoms with Gasteiger partial charge in [0.15, 0.2) is 20.6 Å². The quantitative estimate of drug-likeness (QED) is 0.860. The molecule has 0 saturated heterocycles. The van der Waals surface area contributed by atoms with Gasteiger partial charge < -0.3 is 11.1 Å². The minimum absolute atomic E-state index is 0.0603. The Labute approximate surface area is 131 Å². The topological polar surface area (TPSA) is 90.0 Å². The first kappa shape index (κ1) is 14.4. The maximum Gasteiger partial charge on any atom is 0.182 e. The van der Waals surface area contributed by atoms with Crippen LogP contribution in [0.5, 0.6) is 0 Å². The number of sulfone groups is 1. The largest absolute Gasteiger partial charge is 0.382 e. The van der Waals surface area contributed by atoms with E-state index in [2.05, 4.69) is 26.3 Å². The van der Waals surface area contributed by atoms with Crippen LogP contribution < -0.4 is 11.1 Å². The standard InChI is InChI=1S/C13H15BrN4O2S/c1-21(19,20)11-12(15)18(10-5-3-2-4-9(10)14)17-13(11)16-8-6-7-8/h2-5,8H,6-7,15H2,1H3,(H,16,17). The molecule has 1 aliphatic carbocycles. The molecule has 1 aromatic carbocycles. The molecule has 1 heterocycles. The van der Waals surface area contributed by atoms with Crippen molar-refractivity contribution in [1.29, 1.82) is 0 Å². The average Bonchev–Trinajstić information content (AvgIpc) is 3.12. The molecule has 0 atom stereocenters. The van der Waals surface area contributed by atoms with Crippen LogP contribution in [-0.4, -0.2) is 30.5 Å². The minimum Gasteiger partial charge on any atom is -0.382 e. The van der Waals surface area contributed by atoms with Crippen LogP contribution in [0.25, 0.3) is 5.69 Å². The molecule has 0 radical (unpaired) electrons. The van der Waals surface area contributed by atoms with Gasteiger partial charge in [-0.3, -0.25) is 0 Å².